The molecule has 0 bridgehead atoms. The van der Waals surface area contributed by atoms with Crippen LogP contribution in [-0.4, -0.2) is 17.6 Å². The number of aryl methyl sites for hydroxylation is 1. The molecule has 0 aliphatic rings. The van der Waals surface area contributed by atoms with Crippen LogP contribution >= 0.6 is 0 Å². The summed E-state index contributed by atoms with van der Waals surface area (Å²) in [6.45, 7) is 3.94. The van der Waals surface area contributed by atoms with E-state index in [1.807, 2.05) is 13.8 Å². The second kappa shape index (κ2) is 6.64. The zero-order valence-corrected chi connectivity index (χ0v) is 14.8. The van der Waals surface area contributed by atoms with Crippen LogP contribution in [0.2, 0.25) is 0 Å². The van der Waals surface area contributed by atoms with Crippen molar-refractivity contribution in [3.63, 3.8) is 0 Å². The van der Waals surface area contributed by atoms with Gasteiger partial charge in [-0.05, 0) is 24.0 Å². The van der Waals surface area contributed by atoms with E-state index < -0.39 is 26.3 Å². The monoisotopic (exact) mass is 352 g/mol. The van der Waals surface area contributed by atoms with E-state index >= 15 is 0 Å². The number of aromatic nitrogens is 2. The summed E-state index contributed by atoms with van der Waals surface area (Å²) in [5.74, 6) is 0.280. The van der Waals surface area contributed by atoms with Crippen LogP contribution in [0.1, 0.15) is 31.7 Å². The fourth-order valence-corrected chi connectivity index (χ4v) is 3.41. The average Bonchev–Trinajstić information content (AvgIpc) is 2.55. The summed E-state index contributed by atoms with van der Waals surface area (Å²) in [6.07, 6.45) is 1.79. The summed E-state index contributed by atoms with van der Waals surface area (Å²) in [5.41, 5.74) is -0.789. The minimum Gasteiger partial charge on any atom is -0.378 e. The highest BCUT2D eigenvalue weighted by Gasteiger charge is 2.25. The van der Waals surface area contributed by atoms with E-state index in [1.54, 1.807) is 24.3 Å². The van der Waals surface area contributed by atoms with Crippen molar-refractivity contribution in [1.82, 2.24) is 9.13 Å². The molecule has 24 heavy (non-hydrogen) atoms. The molecule has 2 aromatic rings. The first-order valence-corrected chi connectivity index (χ1v) is 8.90. The minimum atomic E-state index is -4.36. The van der Waals surface area contributed by atoms with Gasteiger partial charge in [0.15, 0.2) is 4.90 Å². The van der Waals surface area contributed by atoms with Gasteiger partial charge in [-0.25, -0.2) is 4.79 Å². The first kappa shape index (κ1) is 18.0. The van der Waals surface area contributed by atoms with E-state index in [1.165, 1.54) is 14.1 Å². The molecule has 2 rings (SSSR count). The fraction of sp³-hybridized carbons (Fsp3) is 0.375. The van der Waals surface area contributed by atoms with Crippen LogP contribution in [0.4, 0.5) is 0 Å². The molecule has 7 nitrogen and oxygen atoms in total. The van der Waals surface area contributed by atoms with Crippen LogP contribution in [0.25, 0.3) is 0 Å². The highest BCUT2D eigenvalue weighted by molar-refractivity contribution is 7.87. The van der Waals surface area contributed by atoms with E-state index in [2.05, 4.69) is 0 Å². The van der Waals surface area contributed by atoms with Crippen molar-refractivity contribution in [2.45, 2.75) is 31.1 Å². The first-order chi connectivity index (χ1) is 11.2. The third-order valence-electron chi connectivity index (χ3n) is 3.95. The Bertz CT molecular complexity index is 973. The summed E-state index contributed by atoms with van der Waals surface area (Å²) in [6, 6.07) is 6.80. The minimum absolute atomic E-state index is 0.0966. The predicted molar refractivity (Wildman–Crippen MR) is 89.9 cm³/mol. The highest BCUT2D eigenvalue weighted by atomic mass is 32.2. The molecule has 0 aliphatic carbocycles. The van der Waals surface area contributed by atoms with Gasteiger partial charge < -0.3 is 8.75 Å². The molecule has 8 heteroatoms. The summed E-state index contributed by atoms with van der Waals surface area (Å²) >= 11 is 0. The van der Waals surface area contributed by atoms with Crippen molar-refractivity contribution in [1.29, 1.82) is 0 Å². The zero-order valence-electron chi connectivity index (χ0n) is 14.0. The molecule has 1 aromatic carbocycles. The first-order valence-electron chi connectivity index (χ1n) is 7.49. The largest absolute Gasteiger partial charge is 0.378 e. The summed E-state index contributed by atoms with van der Waals surface area (Å²) in [5, 5.41) is 0. The Morgan fingerprint density at radius 1 is 1.17 bits per heavy atom. The quantitative estimate of drug-likeness (QED) is 0.759. The third-order valence-corrected chi connectivity index (χ3v) is 5.16. The average molecular weight is 352 g/mol. The summed E-state index contributed by atoms with van der Waals surface area (Å²) < 4.78 is 32.1. The molecule has 0 fully saturated rings. The van der Waals surface area contributed by atoms with E-state index in [0.717, 1.165) is 27.3 Å². The molecule has 0 amide bonds. The van der Waals surface area contributed by atoms with E-state index in [9.17, 15) is 18.0 Å². The van der Waals surface area contributed by atoms with Crippen LogP contribution < -0.4 is 15.4 Å². The Balaban J connectivity index is 2.56. The summed E-state index contributed by atoms with van der Waals surface area (Å²) in [7, 11) is -1.78. The van der Waals surface area contributed by atoms with Gasteiger partial charge in [0.05, 0.1) is 0 Å². The lowest BCUT2D eigenvalue weighted by atomic mass is 9.98. The highest BCUT2D eigenvalue weighted by Crippen LogP contribution is 2.30. The van der Waals surface area contributed by atoms with Gasteiger partial charge in [-0.3, -0.25) is 9.36 Å². The molecular weight excluding hydrogens is 332 g/mol. The van der Waals surface area contributed by atoms with Gasteiger partial charge in [0.2, 0.25) is 0 Å². The Morgan fingerprint density at radius 2 is 1.79 bits per heavy atom. The van der Waals surface area contributed by atoms with Gasteiger partial charge in [-0.15, -0.1) is 0 Å². The van der Waals surface area contributed by atoms with E-state index in [0.29, 0.717) is 0 Å². The second-order valence-corrected chi connectivity index (χ2v) is 7.15. The SMILES string of the molecule is CC[C@H](C)c1ccccc1OS(=O)(=O)c1cn(C)c(=O)n(C)c1=O. The lowest BCUT2D eigenvalue weighted by Crippen LogP contribution is -2.39. The van der Waals surface area contributed by atoms with Crippen molar-refractivity contribution < 1.29 is 12.6 Å². The Morgan fingerprint density at radius 3 is 2.42 bits per heavy atom. The number of nitrogens with zero attached hydrogens (tertiary/aromatic N) is 2. The van der Waals surface area contributed by atoms with Gasteiger partial charge in [0.25, 0.3) is 5.56 Å². The fourth-order valence-electron chi connectivity index (χ4n) is 2.29. The topological polar surface area (TPSA) is 87.4 Å². The smallest absolute Gasteiger partial charge is 0.346 e. The van der Waals surface area contributed by atoms with Crippen LogP contribution in [0.15, 0.2) is 44.9 Å². The molecule has 1 heterocycles. The molecule has 0 saturated heterocycles. The van der Waals surface area contributed by atoms with Gasteiger partial charge in [-0.2, -0.15) is 8.42 Å². The maximum absolute atomic E-state index is 12.6. The Kier molecular flexibility index (Phi) is 4.98. The standard InChI is InChI=1S/C16H20N2O5S/c1-5-11(2)12-8-6-7-9-13(12)23-24(21,22)14-10-17(3)16(20)18(4)15(14)19/h6-11H,5H2,1-4H3/t11-/m0/s1. The van der Waals surface area contributed by atoms with Gasteiger partial charge in [-0.1, -0.05) is 32.0 Å². The Hall–Kier alpha value is -2.35. The van der Waals surface area contributed by atoms with E-state index in [-0.39, 0.29) is 11.7 Å². The zero-order chi connectivity index (χ0) is 18.1. The molecule has 0 unspecified atom stereocenters. The predicted octanol–water partition coefficient (Wildman–Crippen LogP) is 1.37. The third kappa shape index (κ3) is 3.28. The number of hydrogen-bond acceptors (Lipinski definition) is 5. The van der Waals surface area contributed by atoms with Crippen molar-refractivity contribution in [2.75, 3.05) is 0 Å². The number of rotatable bonds is 5. The molecule has 130 valence electrons. The summed E-state index contributed by atoms with van der Waals surface area (Å²) in [4.78, 5) is 23.3. The second-order valence-electron chi connectivity index (χ2n) is 5.64. The van der Waals surface area contributed by atoms with Crippen LogP contribution in [-0.2, 0) is 24.2 Å². The lowest BCUT2D eigenvalue weighted by molar-refractivity contribution is 0.474. The number of hydrogen-bond donors (Lipinski definition) is 0. The van der Waals surface area contributed by atoms with Gasteiger partial charge >= 0.3 is 15.8 Å². The van der Waals surface area contributed by atoms with Crippen molar-refractivity contribution in [3.05, 3.63) is 56.9 Å². The normalized spacial score (nSPS) is 12.8. The number of benzene rings is 1. The van der Waals surface area contributed by atoms with Crippen LogP contribution in [0, 0.1) is 0 Å². The Labute approximate surface area is 140 Å². The molecule has 0 aliphatic heterocycles. The number of para-hydroxylation sites is 1. The van der Waals surface area contributed by atoms with Crippen molar-refractivity contribution in [3.8, 4) is 5.75 Å². The molecule has 1 atom stereocenters. The molecule has 0 saturated carbocycles. The maximum Gasteiger partial charge on any atom is 0.346 e. The molecule has 0 radical (unpaired) electrons. The van der Waals surface area contributed by atoms with Gasteiger partial charge in [0.1, 0.15) is 5.75 Å². The van der Waals surface area contributed by atoms with E-state index in [4.69, 9.17) is 4.18 Å². The lowest BCUT2D eigenvalue weighted by Gasteiger charge is -2.15. The molecule has 1 aromatic heterocycles. The van der Waals surface area contributed by atoms with Crippen molar-refractivity contribution in [2.24, 2.45) is 14.1 Å². The van der Waals surface area contributed by atoms with Crippen LogP contribution in [0.5, 0.6) is 5.75 Å². The maximum atomic E-state index is 12.6. The molecular formula is C16H20N2O5S. The van der Waals surface area contributed by atoms with Crippen molar-refractivity contribution >= 4 is 10.1 Å². The molecule has 0 spiro atoms. The molecule has 0 N–H and O–H groups in total. The van der Waals surface area contributed by atoms with Gasteiger partial charge in [0, 0.05) is 20.3 Å². The van der Waals surface area contributed by atoms with Crippen LogP contribution in [0.3, 0.4) is 0 Å².